The van der Waals surface area contributed by atoms with E-state index in [1.54, 1.807) is 0 Å². The van der Waals surface area contributed by atoms with Gasteiger partial charge in [-0.2, -0.15) is 0 Å². The Bertz CT molecular complexity index is 340. The molecule has 0 aromatic heterocycles. The van der Waals surface area contributed by atoms with Crippen LogP contribution >= 0.6 is 0 Å². The average Bonchev–Trinajstić information content (AvgIpc) is 3.05. The summed E-state index contributed by atoms with van der Waals surface area (Å²) in [6.07, 6.45) is 3.95. The minimum Gasteiger partial charge on any atom is -0.379 e. The standard InChI is InChI=1S/C14H22N2/c1-11-3-7-13(8-4-11)16-14(2,10-15)9-12-5-6-12/h3-4,7-8,12,16H,5-6,9-10,15H2,1-2H3. The SMILES string of the molecule is Cc1ccc(NC(C)(CN)CC2CC2)cc1. The second-order valence-electron chi connectivity index (χ2n) is 5.40. The maximum Gasteiger partial charge on any atom is 0.0470 e. The number of rotatable bonds is 5. The number of nitrogens with two attached hydrogens (primary N) is 1. The van der Waals surface area contributed by atoms with E-state index in [2.05, 4.69) is 43.4 Å². The molecule has 1 fully saturated rings. The highest BCUT2D eigenvalue weighted by atomic mass is 15.0. The van der Waals surface area contributed by atoms with Crippen molar-refractivity contribution < 1.29 is 0 Å². The summed E-state index contributed by atoms with van der Waals surface area (Å²) >= 11 is 0. The summed E-state index contributed by atoms with van der Waals surface area (Å²) in [6.45, 7) is 5.03. The molecule has 16 heavy (non-hydrogen) atoms. The molecule has 2 heteroatoms. The molecule has 2 nitrogen and oxygen atoms in total. The fourth-order valence-electron chi connectivity index (χ4n) is 2.13. The number of hydrogen-bond donors (Lipinski definition) is 2. The van der Waals surface area contributed by atoms with Crippen molar-refractivity contribution in [3.8, 4) is 0 Å². The highest BCUT2D eigenvalue weighted by Gasteiger charge is 2.32. The fraction of sp³-hybridized carbons (Fsp3) is 0.571. The first-order valence-corrected chi connectivity index (χ1v) is 6.16. The Balaban J connectivity index is 2.01. The predicted molar refractivity (Wildman–Crippen MR) is 69.6 cm³/mol. The Morgan fingerprint density at radius 1 is 1.31 bits per heavy atom. The number of hydrogen-bond acceptors (Lipinski definition) is 2. The van der Waals surface area contributed by atoms with Gasteiger partial charge in [-0.05, 0) is 38.3 Å². The van der Waals surface area contributed by atoms with Crippen LogP contribution in [0.25, 0.3) is 0 Å². The Kier molecular flexibility index (Phi) is 3.20. The van der Waals surface area contributed by atoms with Gasteiger partial charge < -0.3 is 11.1 Å². The third-order valence-corrected chi connectivity index (χ3v) is 3.38. The molecule has 1 aliphatic rings. The van der Waals surface area contributed by atoms with Crippen LogP contribution in [0.15, 0.2) is 24.3 Å². The predicted octanol–water partition coefficient (Wildman–Crippen LogP) is 2.92. The van der Waals surface area contributed by atoms with E-state index in [-0.39, 0.29) is 5.54 Å². The fourth-order valence-corrected chi connectivity index (χ4v) is 2.13. The largest absolute Gasteiger partial charge is 0.379 e. The zero-order chi connectivity index (χ0) is 11.6. The van der Waals surface area contributed by atoms with Crippen LogP contribution in [0.4, 0.5) is 5.69 Å². The summed E-state index contributed by atoms with van der Waals surface area (Å²) in [5.41, 5.74) is 8.42. The molecular formula is C14H22N2. The zero-order valence-corrected chi connectivity index (χ0v) is 10.3. The molecule has 0 radical (unpaired) electrons. The van der Waals surface area contributed by atoms with Crippen molar-refractivity contribution in [1.82, 2.24) is 0 Å². The van der Waals surface area contributed by atoms with Gasteiger partial charge in [-0.25, -0.2) is 0 Å². The van der Waals surface area contributed by atoms with Crippen molar-refractivity contribution in [2.75, 3.05) is 11.9 Å². The maximum absolute atomic E-state index is 5.90. The van der Waals surface area contributed by atoms with Crippen molar-refractivity contribution >= 4 is 5.69 Å². The molecule has 1 unspecified atom stereocenters. The summed E-state index contributed by atoms with van der Waals surface area (Å²) in [7, 11) is 0. The van der Waals surface area contributed by atoms with Gasteiger partial charge in [0.15, 0.2) is 0 Å². The summed E-state index contributed by atoms with van der Waals surface area (Å²) in [5.74, 6) is 0.895. The highest BCUT2D eigenvalue weighted by molar-refractivity contribution is 5.46. The molecule has 0 spiro atoms. The van der Waals surface area contributed by atoms with Gasteiger partial charge in [-0.1, -0.05) is 30.5 Å². The maximum atomic E-state index is 5.90. The summed E-state index contributed by atoms with van der Waals surface area (Å²) in [4.78, 5) is 0. The third-order valence-electron chi connectivity index (χ3n) is 3.38. The van der Waals surface area contributed by atoms with Crippen LogP contribution in [0, 0.1) is 12.8 Å². The Morgan fingerprint density at radius 3 is 2.44 bits per heavy atom. The van der Waals surface area contributed by atoms with Crippen LogP contribution < -0.4 is 11.1 Å². The molecule has 0 amide bonds. The molecule has 1 aliphatic carbocycles. The first kappa shape index (κ1) is 11.5. The highest BCUT2D eigenvalue weighted by Crippen LogP contribution is 2.37. The number of nitrogens with one attached hydrogen (secondary N) is 1. The minimum atomic E-state index is 0.0520. The van der Waals surface area contributed by atoms with Crippen molar-refractivity contribution in [1.29, 1.82) is 0 Å². The Labute approximate surface area is 98.2 Å². The smallest absolute Gasteiger partial charge is 0.0470 e. The van der Waals surface area contributed by atoms with E-state index in [1.807, 2.05) is 0 Å². The lowest BCUT2D eigenvalue weighted by Crippen LogP contribution is -2.43. The van der Waals surface area contributed by atoms with Crippen molar-refractivity contribution in [2.24, 2.45) is 11.7 Å². The number of anilines is 1. The van der Waals surface area contributed by atoms with Gasteiger partial charge in [0, 0.05) is 17.8 Å². The van der Waals surface area contributed by atoms with Gasteiger partial charge in [0.25, 0.3) is 0 Å². The molecule has 0 bridgehead atoms. The molecule has 0 aliphatic heterocycles. The van der Waals surface area contributed by atoms with E-state index in [0.29, 0.717) is 6.54 Å². The van der Waals surface area contributed by atoms with Gasteiger partial charge in [-0.15, -0.1) is 0 Å². The Morgan fingerprint density at radius 2 is 1.94 bits per heavy atom. The lowest BCUT2D eigenvalue weighted by molar-refractivity contribution is 0.453. The molecule has 1 aromatic carbocycles. The molecule has 1 saturated carbocycles. The van der Waals surface area contributed by atoms with Crippen molar-refractivity contribution in [3.63, 3.8) is 0 Å². The second-order valence-corrected chi connectivity index (χ2v) is 5.40. The van der Waals surface area contributed by atoms with Crippen LogP contribution in [-0.2, 0) is 0 Å². The molecule has 3 N–H and O–H groups in total. The van der Waals surface area contributed by atoms with Crippen LogP contribution in [-0.4, -0.2) is 12.1 Å². The van der Waals surface area contributed by atoms with E-state index in [9.17, 15) is 0 Å². The van der Waals surface area contributed by atoms with E-state index in [1.165, 1.54) is 30.5 Å². The minimum absolute atomic E-state index is 0.0520. The first-order valence-electron chi connectivity index (χ1n) is 6.16. The quantitative estimate of drug-likeness (QED) is 0.797. The monoisotopic (exact) mass is 218 g/mol. The topological polar surface area (TPSA) is 38.0 Å². The molecular weight excluding hydrogens is 196 g/mol. The second kappa shape index (κ2) is 4.46. The van der Waals surface area contributed by atoms with Crippen molar-refractivity contribution in [3.05, 3.63) is 29.8 Å². The zero-order valence-electron chi connectivity index (χ0n) is 10.3. The Hall–Kier alpha value is -1.02. The van der Waals surface area contributed by atoms with E-state index >= 15 is 0 Å². The van der Waals surface area contributed by atoms with Gasteiger partial charge in [0.2, 0.25) is 0 Å². The van der Waals surface area contributed by atoms with Crippen molar-refractivity contribution in [2.45, 2.75) is 38.6 Å². The molecule has 88 valence electrons. The third kappa shape index (κ3) is 2.99. The molecule has 2 rings (SSSR count). The van der Waals surface area contributed by atoms with Crippen LogP contribution in [0.2, 0.25) is 0 Å². The normalized spacial score (nSPS) is 19.2. The summed E-state index contributed by atoms with van der Waals surface area (Å²) < 4.78 is 0. The van der Waals surface area contributed by atoms with E-state index in [4.69, 9.17) is 5.73 Å². The lowest BCUT2D eigenvalue weighted by atomic mass is 9.94. The van der Waals surface area contributed by atoms with E-state index < -0.39 is 0 Å². The van der Waals surface area contributed by atoms with Gasteiger partial charge in [0.1, 0.15) is 0 Å². The molecule has 0 heterocycles. The van der Waals surface area contributed by atoms with E-state index in [0.717, 1.165) is 5.92 Å². The van der Waals surface area contributed by atoms with Gasteiger partial charge >= 0.3 is 0 Å². The molecule has 1 aromatic rings. The average molecular weight is 218 g/mol. The lowest BCUT2D eigenvalue weighted by Gasteiger charge is -2.31. The van der Waals surface area contributed by atoms with Crippen LogP contribution in [0.1, 0.15) is 31.7 Å². The summed E-state index contributed by atoms with van der Waals surface area (Å²) in [6, 6.07) is 8.54. The van der Waals surface area contributed by atoms with Gasteiger partial charge in [-0.3, -0.25) is 0 Å². The number of aryl methyl sites for hydroxylation is 1. The van der Waals surface area contributed by atoms with Crippen LogP contribution in [0.3, 0.4) is 0 Å². The van der Waals surface area contributed by atoms with Crippen LogP contribution in [0.5, 0.6) is 0 Å². The molecule has 1 atom stereocenters. The molecule has 0 saturated heterocycles. The van der Waals surface area contributed by atoms with Gasteiger partial charge in [0.05, 0.1) is 0 Å². The number of benzene rings is 1. The first-order chi connectivity index (χ1) is 7.61. The summed E-state index contributed by atoms with van der Waals surface area (Å²) in [5, 5.41) is 3.58.